The van der Waals surface area contributed by atoms with E-state index in [2.05, 4.69) is 25.3 Å². The Hall–Kier alpha value is -3.13. The zero-order valence-corrected chi connectivity index (χ0v) is 14.5. The molecule has 2 aromatic carbocycles. The highest BCUT2D eigenvalue weighted by molar-refractivity contribution is 7.99. The van der Waals surface area contributed by atoms with Crippen molar-refractivity contribution in [3.05, 3.63) is 64.7 Å². The van der Waals surface area contributed by atoms with Crippen molar-refractivity contribution in [3.63, 3.8) is 0 Å². The standard InChI is InChI=1S/C18H15N5O2S/c24-16(23-18-20-13-7-3-4-8-14(13)21-18)10-26-9-15-19-12-6-2-1-5-11(12)17(25)22-15/h1-8H,9-10H2,(H,19,22,25)(H2,20,21,23,24). The Morgan fingerprint density at radius 1 is 1.00 bits per heavy atom. The topological polar surface area (TPSA) is 104 Å². The number of amides is 1. The summed E-state index contributed by atoms with van der Waals surface area (Å²) >= 11 is 1.37. The molecular formula is C18H15N5O2S. The fourth-order valence-electron chi connectivity index (χ4n) is 2.62. The maximum absolute atomic E-state index is 12.1. The summed E-state index contributed by atoms with van der Waals surface area (Å²) in [7, 11) is 0. The molecule has 0 aliphatic rings. The number of carbonyl (C=O) groups excluding carboxylic acids is 1. The second-order valence-electron chi connectivity index (χ2n) is 5.67. The van der Waals surface area contributed by atoms with Crippen LogP contribution in [0.1, 0.15) is 5.82 Å². The van der Waals surface area contributed by atoms with E-state index in [-0.39, 0.29) is 17.2 Å². The molecule has 0 aliphatic heterocycles. The number of nitrogens with zero attached hydrogens (tertiary/aromatic N) is 2. The van der Waals surface area contributed by atoms with E-state index in [1.54, 1.807) is 18.2 Å². The van der Waals surface area contributed by atoms with E-state index in [4.69, 9.17) is 0 Å². The number of nitrogens with one attached hydrogen (secondary N) is 3. The molecule has 2 heterocycles. The number of hydrogen-bond donors (Lipinski definition) is 3. The van der Waals surface area contributed by atoms with Gasteiger partial charge < -0.3 is 9.97 Å². The van der Waals surface area contributed by atoms with Crippen LogP contribution in [0.4, 0.5) is 5.95 Å². The molecule has 4 aromatic rings. The van der Waals surface area contributed by atoms with Gasteiger partial charge in [0.2, 0.25) is 11.9 Å². The molecular weight excluding hydrogens is 350 g/mol. The summed E-state index contributed by atoms with van der Waals surface area (Å²) in [6.45, 7) is 0. The Labute approximate surface area is 152 Å². The van der Waals surface area contributed by atoms with Gasteiger partial charge >= 0.3 is 0 Å². The van der Waals surface area contributed by atoms with Crippen LogP contribution < -0.4 is 10.9 Å². The van der Waals surface area contributed by atoms with Gasteiger partial charge in [0.15, 0.2) is 0 Å². The smallest absolute Gasteiger partial charge is 0.258 e. The molecule has 0 unspecified atom stereocenters. The van der Waals surface area contributed by atoms with Crippen LogP contribution >= 0.6 is 11.8 Å². The zero-order valence-electron chi connectivity index (χ0n) is 13.7. The number of para-hydroxylation sites is 3. The number of fused-ring (bicyclic) bond motifs is 2. The molecule has 130 valence electrons. The van der Waals surface area contributed by atoms with Crippen LogP contribution in [0.5, 0.6) is 0 Å². The van der Waals surface area contributed by atoms with Crippen molar-refractivity contribution in [2.24, 2.45) is 0 Å². The van der Waals surface area contributed by atoms with Crippen LogP contribution in [-0.4, -0.2) is 31.6 Å². The highest BCUT2D eigenvalue weighted by Gasteiger charge is 2.08. The molecule has 8 heteroatoms. The highest BCUT2D eigenvalue weighted by atomic mass is 32.2. The van der Waals surface area contributed by atoms with E-state index in [0.29, 0.717) is 28.4 Å². The van der Waals surface area contributed by atoms with Crippen molar-refractivity contribution >= 4 is 45.6 Å². The number of carbonyl (C=O) groups is 1. The average Bonchev–Trinajstić information content (AvgIpc) is 3.04. The van der Waals surface area contributed by atoms with E-state index < -0.39 is 0 Å². The number of anilines is 1. The minimum Gasteiger partial charge on any atom is -0.324 e. The molecule has 0 spiro atoms. The molecule has 0 fully saturated rings. The van der Waals surface area contributed by atoms with Crippen molar-refractivity contribution in [2.75, 3.05) is 11.1 Å². The lowest BCUT2D eigenvalue weighted by Gasteiger charge is -2.03. The number of aromatic amines is 2. The Bertz CT molecular complexity index is 1120. The van der Waals surface area contributed by atoms with Gasteiger partial charge in [0, 0.05) is 0 Å². The van der Waals surface area contributed by atoms with E-state index in [0.717, 1.165) is 11.0 Å². The number of aromatic nitrogens is 4. The first-order valence-electron chi connectivity index (χ1n) is 7.99. The maximum Gasteiger partial charge on any atom is 0.258 e. The molecule has 4 rings (SSSR count). The minimum absolute atomic E-state index is 0.169. The van der Waals surface area contributed by atoms with Crippen molar-refractivity contribution < 1.29 is 4.79 Å². The third-order valence-electron chi connectivity index (χ3n) is 3.78. The van der Waals surface area contributed by atoms with Crippen molar-refractivity contribution in [2.45, 2.75) is 5.75 Å². The van der Waals surface area contributed by atoms with Gasteiger partial charge in [0.1, 0.15) is 5.82 Å². The zero-order chi connectivity index (χ0) is 17.9. The molecule has 7 nitrogen and oxygen atoms in total. The molecule has 0 bridgehead atoms. The monoisotopic (exact) mass is 365 g/mol. The Morgan fingerprint density at radius 2 is 1.77 bits per heavy atom. The predicted octanol–water partition coefficient (Wildman–Crippen LogP) is 2.67. The van der Waals surface area contributed by atoms with Gasteiger partial charge in [0.05, 0.1) is 33.4 Å². The maximum atomic E-state index is 12.1. The summed E-state index contributed by atoms with van der Waals surface area (Å²) in [5.74, 6) is 1.47. The van der Waals surface area contributed by atoms with Crippen LogP contribution in [0, 0.1) is 0 Å². The van der Waals surface area contributed by atoms with Crippen LogP contribution in [0.15, 0.2) is 53.3 Å². The van der Waals surface area contributed by atoms with Gasteiger partial charge in [-0.05, 0) is 24.3 Å². The number of hydrogen-bond acceptors (Lipinski definition) is 5. The van der Waals surface area contributed by atoms with Crippen LogP contribution in [-0.2, 0) is 10.5 Å². The summed E-state index contributed by atoms with van der Waals surface area (Å²) in [6.07, 6.45) is 0. The molecule has 2 aromatic heterocycles. The molecule has 0 radical (unpaired) electrons. The largest absolute Gasteiger partial charge is 0.324 e. The lowest BCUT2D eigenvalue weighted by Crippen LogP contribution is -2.16. The van der Waals surface area contributed by atoms with Crippen molar-refractivity contribution in [1.29, 1.82) is 0 Å². The van der Waals surface area contributed by atoms with E-state index in [1.165, 1.54) is 11.8 Å². The molecule has 26 heavy (non-hydrogen) atoms. The summed E-state index contributed by atoms with van der Waals surface area (Å²) < 4.78 is 0. The average molecular weight is 365 g/mol. The SMILES string of the molecule is O=C(CSCc1nc2ccccc2c(=O)[nH]1)Nc1nc2ccccc2[nH]1. The quantitative estimate of drug-likeness (QED) is 0.504. The molecule has 1 amide bonds. The van der Waals surface area contributed by atoms with Gasteiger partial charge in [-0.15, -0.1) is 11.8 Å². The number of benzene rings is 2. The first-order valence-corrected chi connectivity index (χ1v) is 9.15. The summed E-state index contributed by atoms with van der Waals surface area (Å²) in [5, 5.41) is 3.30. The Balaban J connectivity index is 1.37. The molecule has 3 N–H and O–H groups in total. The summed E-state index contributed by atoms with van der Waals surface area (Å²) in [6, 6.07) is 14.7. The van der Waals surface area contributed by atoms with Gasteiger partial charge in [-0.2, -0.15) is 0 Å². The lowest BCUT2D eigenvalue weighted by molar-refractivity contribution is -0.113. The normalized spacial score (nSPS) is 11.1. The molecule has 0 atom stereocenters. The van der Waals surface area contributed by atoms with Gasteiger partial charge in [-0.3, -0.25) is 14.9 Å². The highest BCUT2D eigenvalue weighted by Crippen LogP contribution is 2.15. The Morgan fingerprint density at radius 3 is 2.62 bits per heavy atom. The van der Waals surface area contributed by atoms with Crippen LogP contribution in [0.3, 0.4) is 0 Å². The molecule has 0 aliphatic carbocycles. The van der Waals surface area contributed by atoms with E-state index in [1.807, 2.05) is 30.3 Å². The lowest BCUT2D eigenvalue weighted by atomic mass is 10.2. The van der Waals surface area contributed by atoms with Crippen LogP contribution in [0.25, 0.3) is 21.9 Å². The van der Waals surface area contributed by atoms with Gasteiger partial charge in [-0.25, -0.2) is 9.97 Å². The number of H-pyrrole nitrogens is 2. The van der Waals surface area contributed by atoms with Gasteiger partial charge in [-0.1, -0.05) is 24.3 Å². The minimum atomic E-state index is -0.169. The summed E-state index contributed by atoms with van der Waals surface area (Å²) in [4.78, 5) is 38.6. The number of rotatable bonds is 5. The summed E-state index contributed by atoms with van der Waals surface area (Å²) in [5.41, 5.74) is 2.15. The second-order valence-corrected chi connectivity index (χ2v) is 6.66. The first kappa shape index (κ1) is 16.3. The Kier molecular flexibility index (Phi) is 4.40. The van der Waals surface area contributed by atoms with E-state index in [9.17, 15) is 9.59 Å². The predicted molar refractivity (Wildman–Crippen MR) is 103 cm³/mol. The first-order chi connectivity index (χ1) is 12.7. The fourth-order valence-corrected chi connectivity index (χ4v) is 3.31. The van der Waals surface area contributed by atoms with Crippen molar-refractivity contribution in [3.8, 4) is 0 Å². The van der Waals surface area contributed by atoms with E-state index >= 15 is 0 Å². The number of imidazole rings is 1. The van der Waals surface area contributed by atoms with Crippen molar-refractivity contribution in [1.82, 2.24) is 19.9 Å². The second kappa shape index (κ2) is 7.01. The third kappa shape index (κ3) is 3.45. The third-order valence-corrected chi connectivity index (χ3v) is 4.72. The number of thioether (sulfide) groups is 1. The van der Waals surface area contributed by atoms with Crippen LogP contribution in [0.2, 0.25) is 0 Å². The fraction of sp³-hybridized carbons (Fsp3) is 0.111. The molecule has 0 saturated carbocycles. The van der Waals surface area contributed by atoms with Gasteiger partial charge in [0.25, 0.3) is 5.56 Å². The molecule has 0 saturated heterocycles.